The Labute approximate surface area is 188 Å². The van der Waals surface area contributed by atoms with E-state index in [1.165, 1.54) is 23.4 Å². The molecule has 0 aliphatic carbocycles. The number of ether oxygens (including phenoxy) is 2. The Morgan fingerprint density at radius 2 is 2.06 bits per heavy atom. The number of nitrogens with zero attached hydrogens (tertiary/aromatic N) is 2. The van der Waals surface area contributed by atoms with Gasteiger partial charge in [-0.1, -0.05) is 36.0 Å². The van der Waals surface area contributed by atoms with E-state index in [0.29, 0.717) is 33.4 Å². The van der Waals surface area contributed by atoms with Gasteiger partial charge in [0, 0.05) is 23.5 Å². The molecule has 2 heterocycles. The van der Waals surface area contributed by atoms with E-state index in [4.69, 9.17) is 14.5 Å². The van der Waals surface area contributed by atoms with Gasteiger partial charge in [0.15, 0.2) is 5.16 Å². The van der Waals surface area contributed by atoms with Crippen molar-refractivity contribution >= 4 is 45.3 Å². The lowest BCUT2D eigenvalue weighted by atomic mass is 10.2. The van der Waals surface area contributed by atoms with Crippen LogP contribution in [-0.2, 0) is 11.3 Å². The first-order chi connectivity index (χ1) is 15.5. The Hall–Kier alpha value is -3.72. The topological polar surface area (TPSA) is 98.2 Å². The molecule has 164 valence electrons. The number of carbonyl (C=O) groups is 1. The highest BCUT2D eigenvalue weighted by molar-refractivity contribution is 7.99. The van der Waals surface area contributed by atoms with Gasteiger partial charge in [0.05, 0.1) is 25.7 Å². The number of rotatable bonds is 8. The molecule has 2 N–H and O–H groups in total. The molecule has 8 nitrogen and oxygen atoms in total. The normalized spacial score (nSPS) is 10.9. The van der Waals surface area contributed by atoms with Gasteiger partial charge in [-0.2, -0.15) is 0 Å². The number of nitrogens with one attached hydrogen (secondary N) is 2. The molecule has 1 amide bonds. The zero-order chi connectivity index (χ0) is 22.7. The SMILES string of the molecule is C=CCn1c(SCC(=O)Nc2ccc(OC)cc2OC)nc2c([nH]c3ccccc32)c1=O. The van der Waals surface area contributed by atoms with Crippen LogP contribution in [0.5, 0.6) is 11.5 Å². The number of methoxy groups -OCH3 is 2. The summed E-state index contributed by atoms with van der Waals surface area (Å²) in [6, 6.07) is 12.7. The maximum Gasteiger partial charge on any atom is 0.278 e. The highest BCUT2D eigenvalue weighted by atomic mass is 32.2. The fourth-order valence-electron chi connectivity index (χ4n) is 3.39. The van der Waals surface area contributed by atoms with Gasteiger partial charge in [-0.15, -0.1) is 6.58 Å². The number of anilines is 1. The van der Waals surface area contributed by atoms with Crippen molar-refractivity contribution in [1.29, 1.82) is 0 Å². The van der Waals surface area contributed by atoms with Gasteiger partial charge in [0.1, 0.15) is 22.5 Å². The predicted molar refractivity (Wildman–Crippen MR) is 127 cm³/mol. The van der Waals surface area contributed by atoms with Crippen molar-refractivity contribution in [3.05, 3.63) is 65.5 Å². The molecule has 0 saturated carbocycles. The van der Waals surface area contributed by atoms with Crippen LogP contribution >= 0.6 is 11.8 Å². The molecule has 0 unspecified atom stereocenters. The number of aromatic amines is 1. The smallest absolute Gasteiger partial charge is 0.278 e. The number of hydrogen-bond acceptors (Lipinski definition) is 6. The molecule has 4 rings (SSSR count). The summed E-state index contributed by atoms with van der Waals surface area (Å²) in [7, 11) is 3.08. The minimum atomic E-state index is -0.253. The van der Waals surface area contributed by atoms with Gasteiger partial charge >= 0.3 is 0 Å². The fraction of sp³-hybridized carbons (Fsp3) is 0.174. The third-order valence-corrected chi connectivity index (χ3v) is 5.88. The Kier molecular flexibility index (Phi) is 6.18. The molecule has 2 aromatic heterocycles. The van der Waals surface area contributed by atoms with Crippen LogP contribution in [0.2, 0.25) is 0 Å². The number of carbonyl (C=O) groups excluding carboxylic acids is 1. The Bertz CT molecular complexity index is 1380. The number of allylic oxidation sites excluding steroid dienone is 1. The second-order valence-electron chi connectivity index (χ2n) is 6.90. The Morgan fingerprint density at radius 1 is 1.25 bits per heavy atom. The van der Waals surface area contributed by atoms with Crippen LogP contribution in [0.25, 0.3) is 21.9 Å². The second kappa shape index (κ2) is 9.19. The highest BCUT2D eigenvalue weighted by Gasteiger charge is 2.17. The average molecular weight is 451 g/mol. The van der Waals surface area contributed by atoms with E-state index < -0.39 is 0 Å². The fourth-order valence-corrected chi connectivity index (χ4v) is 4.20. The van der Waals surface area contributed by atoms with E-state index >= 15 is 0 Å². The van der Waals surface area contributed by atoms with Crippen molar-refractivity contribution < 1.29 is 14.3 Å². The quantitative estimate of drug-likeness (QED) is 0.241. The Morgan fingerprint density at radius 3 is 2.81 bits per heavy atom. The number of fused-ring (bicyclic) bond motifs is 3. The molecule has 2 aromatic carbocycles. The lowest BCUT2D eigenvalue weighted by molar-refractivity contribution is -0.113. The summed E-state index contributed by atoms with van der Waals surface area (Å²) >= 11 is 1.19. The monoisotopic (exact) mass is 450 g/mol. The predicted octanol–water partition coefficient (Wildman–Crippen LogP) is 3.81. The van der Waals surface area contributed by atoms with E-state index in [0.717, 1.165) is 10.9 Å². The van der Waals surface area contributed by atoms with Crippen LogP contribution in [0, 0.1) is 0 Å². The summed E-state index contributed by atoms with van der Waals surface area (Å²) in [6.07, 6.45) is 1.63. The van der Waals surface area contributed by atoms with Crippen LogP contribution in [-0.4, -0.2) is 40.4 Å². The summed E-state index contributed by atoms with van der Waals surface area (Å²) < 4.78 is 12.0. The largest absolute Gasteiger partial charge is 0.497 e. The van der Waals surface area contributed by atoms with E-state index in [-0.39, 0.29) is 23.8 Å². The number of benzene rings is 2. The third kappa shape index (κ3) is 4.06. The van der Waals surface area contributed by atoms with Crippen molar-refractivity contribution in [3.8, 4) is 11.5 Å². The molecule has 0 aliphatic heterocycles. The number of H-pyrrole nitrogens is 1. The average Bonchev–Trinajstić information content (AvgIpc) is 3.19. The summed E-state index contributed by atoms with van der Waals surface area (Å²) in [5, 5.41) is 4.14. The first-order valence-electron chi connectivity index (χ1n) is 9.82. The minimum Gasteiger partial charge on any atom is -0.497 e. The van der Waals surface area contributed by atoms with Gasteiger partial charge in [-0.3, -0.25) is 14.2 Å². The Balaban J connectivity index is 1.61. The molecule has 0 radical (unpaired) electrons. The molecular formula is C23H22N4O4S. The van der Waals surface area contributed by atoms with E-state index in [9.17, 15) is 9.59 Å². The molecule has 0 spiro atoms. The maximum absolute atomic E-state index is 13.1. The van der Waals surface area contributed by atoms with E-state index in [1.807, 2.05) is 24.3 Å². The molecular weight excluding hydrogens is 428 g/mol. The van der Waals surface area contributed by atoms with Crippen molar-refractivity contribution in [3.63, 3.8) is 0 Å². The van der Waals surface area contributed by atoms with Crippen LogP contribution < -0.4 is 20.3 Å². The van der Waals surface area contributed by atoms with E-state index in [1.54, 1.807) is 31.4 Å². The number of thioether (sulfide) groups is 1. The zero-order valence-corrected chi connectivity index (χ0v) is 18.5. The van der Waals surface area contributed by atoms with Gasteiger partial charge < -0.3 is 19.8 Å². The van der Waals surface area contributed by atoms with Crippen molar-refractivity contribution in [2.75, 3.05) is 25.3 Å². The molecule has 0 saturated heterocycles. The molecule has 0 aliphatic rings. The second-order valence-corrected chi connectivity index (χ2v) is 7.84. The summed E-state index contributed by atoms with van der Waals surface area (Å²) in [4.78, 5) is 33.6. The molecule has 32 heavy (non-hydrogen) atoms. The standard InChI is InChI=1S/C23H22N4O4S/c1-4-11-27-22(29)21-20(15-7-5-6-8-16(15)25-21)26-23(27)32-13-19(28)24-17-10-9-14(30-2)12-18(17)31-3/h4-10,12,25H,1,11,13H2,2-3H3,(H,24,28). The number of amides is 1. The van der Waals surface area contributed by atoms with Crippen LogP contribution in [0.3, 0.4) is 0 Å². The van der Waals surface area contributed by atoms with Crippen molar-refractivity contribution in [1.82, 2.24) is 14.5 Å². The first kappa shape index (κ1) is 21.5. The van der Waals surface area contributed by atoms with Gasteiger partial charge in [0.25, 0.3) is 5.56 Å². The van der Waals surface area contributed by atoms with Crippen molar-refractivity contribution in [2.45, 2.75) is 11.7 Å². The lowest BCUT2D eigenvalue weighted by Crippen LogP contribution is -2.24. The number of aromatic nitrogens is 3. The van der Waals surface area contributed by atoms with Crippen molar-refractivity contribution in [2.24, 2.45) is 0 Å². The van der Waals surface area contributed by atoms with Crippen LogP contribution in [0.4, 0.5) is 5.69 Å². The lowest BCUT2D eigenvalue weighted by Gasteiger charge is -2.12. The van der Waals surface area contributed by atoms with E-state index in [2.05, 4.69) is 16.9 Å². The summed E-state index contributed by atoms with van der Waals surface area (Å²) in [5.74, 6) is 0.924. The minimum absolute atomic E-state index is 0.0621. The van der Waals surface area contributed by atoms with Crippen LogP contribution in [0.15, 0.2) is 65.1 Å². The number of hydrogen-bond donors (Lipinski definition) is 2. The van der Waals surface area contributed by atoms with Gasteiger partial charge in [0.2, 0.25) is 5.91 Å². The highest BCUT2D eigenvalue weighted by Crippen LogP contribution is 2.29. The first-order valence-corrected chi connectivity index (χ1v) is 10.8. The van der Waals surface area contributed by atoms with Gasteiger partial charge in [-0.05, 0) is 18.2 Å². The maximum atomic E-state index is 13.1. The molecule has 0 fully saturated rings. The molecule has 0 bridgehead atoms. The molecule has 9 heteroatoms. The zero-order valence-electron chi connectivity index (χ0n) is 17.7. The number of para-hydroxylation sites is 1. The van der Waals surface area contributed by atoms with Crippen LogP contribution in [0.1, 0.15) is 0 Å². The van der Waals surface area contributed by atoms with Gasteiger partial charge in [-0.25, -0.2) is 4.98 Å². The third-order valence-electron chi connectivity index (χ3n) is 4.90. The summed E-state index contributed by atoms with van der Waals surface area (Å²) in [6.45, 7) is 4.02. The summed E-state index contributed by atoms with van der Waals surface area (Å²) in [5.41, 5.74) is 2.19. The molecule has 0 atom stereocenters. The molecule has 4 aromatic rings.